The largest absolute Gasteiger partial charge is 0.369 e. The van der Waals surface area contributed by atoms with Gasteiger partial charge in [0.15, 0.2) is 0 Å². The first-order valence-corrected chi connectivity index (χ1v) is 3.40. The molecule has 1 aromatic heterocycles. The summed E-state index contributed by atoms with van der Waals surface area (Å²) in [6.07, 6.45) is 0.970. The van der Waals surface area contributed by atoms with Crippen molar-refractivity contribution in [1.82, 2.24) is 9.97 Å². The molecule has 0 aliphatic heterocycles. The van der Waals surface area contributed by atoms with E-state index in [4.69, 9.17) is 11.0 Å². The molecular formula is C7H6N4O2. The van der Waals surface area contributed by atoms with E-state index >= 15 is 0 Å². The van der Waals surface area contributed by atoms with Gasteiger partial charge in [0.2, 0.25) is 5.91 Å². The highest BCUT2D eigenvalue weighted by Crippen LogP contribution is 1.88. The topological polar surface area (TPSA) is 113 Å². The molecule has 0 unspecified atom stereocenters. The van der Waals surface area contributed by atoms with Crippen LogP contribution in [0.2, 0.25) is 0 Å². The van der Waals surface area contributed by atoms with Crippen molar-refractivity contribution in [2.45, 2.75) is 6.42 Å². The van der Waals surface area contributed by atoms with Crippen molar-refractivity contribution < 1.29 is 4.79 Å². The predicted octanol–water partition coefficient (Wildman–Crippen LogP) is -1.33. The van der Waals surface area contributed by atoms with Crippen LogP contribution < -0.4 is 11.3 Å². The second-order valence-electron chi connectivity index (χ2n) is 2.33. The second-order valence-corrected chi connectivity index (χ2v) is 2.33. The first-order valence-electron chi connectivity index (χ1n) is 3.40. The number of nitrogens with one attached hydrogen (secondary N) is 1. The Bertz CT molecular complexity index is 429. The number of primary amides is 1. The Morgan fingerprint density at radius 1 is 1.77 bits per heavy atom. The van der Waals surface area contributed by atoms with Gasteiger partial charge in [0.1, 0.15) is 17.5 Å². The maximum atomic E-state index is 11.0. The third-order valence-electron chi connectivity index (χ3n) is 1.31. The molecule has 0 radical (unpaired) electrons. The van der Waals surface area contributed by atoms with Gasteiger partial charge in [0.05, 0.1) is 12.6 Å². The van der Waals surface area contributed by atoms with E-state index in [2.05, 4.69) is 9.97 Å². The Hall–Kier alpha value is -2.16. The van der Waals surface area contributed by atoms with Gasteiger partial charge in [-0.05, 0) is 0 Å². The molecule has 6 nitrogen and oxygen atoms in total. The molecule has 1 amide bonds. The molecule has 0 spiro atoms. The smallest absolute Gasteiger partial charge is 0.268 e. The highest BCUT2D eigenvalue weighted by atomic mass is 16.1. The zero-order chi connectivity index (χ0) is 9.84. The molecule has 0 saturated heterocycles. The van der Waals surface area contributed by atoms with Crippen LogP contribution in [-0.4, -0.2) is 15.9 Å². The van der Waals surface area contributed by atoms with E-state index in [0.717, 1.165) is 6.20 Å². The number of carbonyl (C=O) groups excluding carboxylic acids is 1. The van der Waals surface area contributed by atoms with Crippen molar-refractivity contribution in [3.63, 3.8) is 0 Å². The summed E-state index contributed by atoms with van der Waals surface area (Å²) in [5.74, 6) is -0.427. The van der Waals surface area contributed by atoms with Crippen molar-refractivity contribution in [3.05, 3.63) is 27.9 Å². The molecule has 1 rings (SSSR count). The minimum Gasteiger partial charge on any atom is -0.369 e. The lowest BCUT2D eigenvalue weighted by atomic mass is 10.3. The van der Waals surface area contributed by atoms with Crippen molar-refractivity contribution in [3.8, 4) is 6.07 Å². The number of carbonyl (C=O) groups is 1. The normalized spacial score (nSPS) is 9.15. The summed E-state index contributed by atoms with van der Waals surface area (Å²) in [6, 6.07) is 1.65. The first-order chi connectivity index (χ1) is 6.13. The average Bonchev–Trinajstić information content (AvgIpc) is 2.03. The maximum Gasteiger partial charge on any atom is 0.268 e. The standard InChI is InChI=1S/C7H6N4O2/c8-2-4-3-10-6(1-5(9)12)11-7(4)13/h3H,1H2,(H2,9,12)(H,10,11,13). The number of H-pyrrole nitrogens is 1. The monoisotopic (exact) mass is 178 g/mol. The summed E-state index contributed by atoms with van der Waals surface area (Å²) in [7, 11) is 0. The van der Waals surface area contributed by atoms with Crippen molar-refractivity contribution in [2.24, 2.45) is 5.73 Å². The number of nitrogens with zero attached hydrogens (tertiary/aromatic N) is 2. The first kappa shape index (κ1) is 8.93. The quantitative estimate of drug-likeness (QED) is 0.584. The van der Waals surface area contributed by atoms with Gasteiger partial charge < -0.3 is 10.7 Å². The van der Waals surface area contributed by atoms with Gasteiger partial charge in [0.25, 0.3) is 5.56 Å². The fraction of sp³-hybridized carbons (Fsp3) is 0.143. The Morgan fingerprint density at radius 3 is 2.92 bits per heavy atom. The van der Waals surface area contributed by atoms with Gasteiger partial charge in [-0.3, -0.25) is 9.59 Å². The number of amides is 1. The van der Waals surface area contributed by atoms with Gasteiger partial charge in [0, 0.05) is 0 Å². The van der Waals surface area contributed by atoms with E-state index in [-0.39, 0.29) is 17.8 Å². The predicted molar refractivity (Wildman–Crippen MR) is 42.5 cm³/mol. The molecule has 0 aliphatic rings. The summed E-state index contributed by atoms with van der Waals surface area (Å²) in [5, 5.41) is 8.39. The minimum absolute atomic E-state index is 0.0896. The van der Waals surface area contributed by atoms with Gasteiger partial charge in [-0.1, -0.05) is 0 Å². The Labute approximate surface area is 73.0 Å². The summed E-state index contributed by atoms with van der Waals surface area (Å²) >= 11 is 0. The lowest BCUT2D eigenvalue weighted by Crippen LogP contribution is -2.20. The number of aromatic nitrogens is 2. The van der Waals surface area contributed by atoms with Gasteiger partial charge in [-0.15, -0.1) is 0 Å². The third kappa shape index (κ3) is 2.13. The van der Waals surface area contributed by atoms with Crippen LogP contribution in [-0.2, 0) is 11.2 Å². The fourth-order valence-corrected chi connectivity index (χ4v) is 0.766. The zero-order valence-electron chi connectivity index (χ0n) is 6.57. The molecule has 0 atom stereocenters. The summed E-state index contributed by atoms with van der Waals surface area (Å²) in [6.45, 7) is 0. The molecule has 0 saturated carbocycles. The highest BCUT2D eigenvalue weighted by molar-refractivity contribution is 5.75. The average molecular weight is 178 g/mol. The van der Waals surface area contributed by atoms with E-state index in [1.165, 1.54) is 0 Å². The maximum absolute atomic E-state index is 11.0. The van der Waals surface area contributed by atoms with Crippen LogP contribution in [0.1, 0.15) is 11.4 Å². The van der Waals surface area contributed by atoms with Crippen molar-refractivity contribution in [1.29, 1.82) is 5.26 Å². The molecule has 13 heavy (non-hydrogen) atoms. The molecule has 0 fully saturated rings. The van der Waals surface area contributed by atoms with Crippen molar-refractivity contribution in [2.75, 3.05) is 0 Å². The molecule has 0 aliphatic carbocycles. The number of hydrogen-bond acceptors (Lipinski definition) is 4. The summed E-state index contributed by atoms with van der Waals surface area (Å²) in [5.41, 5.74) is 4.23. The SMILES string of the molecule is N#Cc1cnc(CC(N)=O)[nH]c1=O. The molecule has 1 heterocycles. The van der Waals surface area contributed by atoms with E-state index < -0.39 is 11.5 Å². The molecule has 66 valence electrons. The summed E-state index contributed by atoms with van der Waals surface area (Å²) in [4.78, 5) is 27.4. The molecule has 0 bridgehead atoms. The minimum atomic E-state index is -0.590. The van der Waals surface area contributed by atoms with Gasteiger partial charge >= 0.3 is 0 Å². The number of nitrogens with two attached hydrogens (primary N) is 1. The van der Waals surface area contributed by atoms with Crippen LogP contribution in [0.4, 0.5) is 0 Å². The second kappa shape index (κ2) is 3.49. The molecule has 0 aromatic carbocycles. The van der Waals surface area contributed by atoms with Crippen LogP contribution >= 0.6 is 0 Å². The highest BCUT2D eigenvalue weighted by Gasteiger charge is 2.03. The molecule has 1 aromatic rings. The lowest BCUT2D eigenvalue weighted by molar-refractivity contribution is -0.117. The Kier molecular flexibility index (Phi) is 2.40. The van der Waals surface area contributed by atoms with E-state index in [1.54, 1.807) is 6.07 Å². The zero-order valence-corrected chi connectivity index (χ0v) is 6.57. The van der Waals surface area contributed by atoms with Crippen LogP contribution in [0.3, 0.4) is 0 Å². The van der Waals surface area contributed by atoms with Crippen LogP contribution in [0.5, 0.6) is 0 Å². The number of aromatic amines is 1. The van der Waals surface area contributed by atoms with Crippen molar-refractivity contribution >= 4 is 5.91 Å². The number of rotatable bonds is 2. The van der Waals surface area contributed by atoms with E-state index in [0.29, 0.717) is 0 Å². The van der Waals surface area contributed by atoms with Crippen LogP contribution in [0.25, 0.3) is 0 Å². The van der Waals surface area contributed by atoms with E-state index in [1.807, 2.05) is 0 Å². The Morgan fingerprint density at radius 2 is 2.46 bits per heavy atom. The van der Waals surface area contributed by atoms with Gasteiger partial charge in [-0.2, -0.15) is 5.26 Å². The molecule has 6 heteroatoms. The molecule has 3 N–H and O–H groups in total. The fourth-order valence-electron chi connectivity index (χ4n) is 0.766. The number of hydrogen-bond donors (Lipinski definition) is 2. The van der Waals surface area contributed by atoms with E-state index in [9.17, 15) is 9.59 Å². The molecular weight excluding hydrogens is 172 g/mol. The van der Waals surface area contributed by atoms with Crippen LogP contribution in [0.15, 0.2) is 11.0 Å². The Balaban J connectivity index is 3.05. The third-order valence-corrected chi connectivity index (χ3v) is 1.31. The summed E-state index contributed by atoms with van der Waals surface area (Å²) < 4.78 is 0. The lowest BCUT2D eigenvalue weighted by Gasteiger charge is -1.95. The number of nitriles is 1. The van der Waals surface area contributed by atoms with Crippen LogP contribution in [0, 0.1) is 11.3 Å². The van der Waals surface area contributed by atoms with Gasteiger partial charge in [-0.25, -0.2) is 4.98 Å².